The van der Waals surface area contributed by atoms with Crippen LogP contribution in [0.5, 0.6) is 5.75 Å². The number of amidine groups is 1. The van der Waals surface area contributed by atoms with Crippen LogP contribution in [-0.4, -0.2) is 37.5 Å². The summed E-state index contributed by atoms with van der Waals surface area (Å²) < 4.78 is 8.04. The number of aliphatic hydroxyl groups excluding tert-OH is 1. The second-order valence-corrected chi connectivity index (χ2v) is 8.84. The summed E-state index contributed by atoms with van der Waals surface area (Å²) >= 11 is 0. The van der Waals surface area contributed by atoms with Crippen molar-refractivity contribution in [3.05, 3.63) is 65.2 Å². The molecule has 2 aromatic carbocycles. The number of rotatable bonds is 4. The summed E-state index contributed by atoms with van der Waals surface area (Å²) in [5, 5.41) is 19.5. The molecule has 0 radical (unpaired) electrons. The van der Waals surface area contributed by atoms with Crippen molar-refractivity contribution in [3.63, 3.8) is 0 Å². The van der Waals surface area contributed by atoms with E-state index in [0.29, 0.717) is 17.9 Å². The number of aromatic nitrogens is 2. The first-order chi connectivity index (χ1) is 14.1. The van der Waals surface area contributed by atoms with Crippen LogP contribution >= 0.6 is 0 Å². The van der Waals surface area contributed by atoms with Crippen LogP contribution in [-0.2, 0) is 13.6 Å². The zero-order valence-corrected chi connectivity index (χ0v) is 18.2. The monoisotopic (exact) mass is 404 g/mol. The van der Waals surface area contributed by atoms with Gasteiger partial charge in [0.15, 0.2) is 0 Å². The lowest BCUT2D eigenvalue weighted by Gasteiger charge is -2.25. The Morgan fingerprint density at radius 3 is 2.63 bits per heavy atom. The van der Waals surface area contributed by atoms with Crippen molar-refractivity contribution in [1.82, 2.24) is 14.5 Å². The molecule has 3 aromatic rings. The highest BCUT2D eigenvalue weighted by Crippen LogP contribution is 2.32. The summed E-state index contributed by atoms with van der Waals surface area (Å²) in [5.74, 6) is 1.85. The fraction of sp³-hybridized carbons (Fsp3) is 0.333. The Bertz CT molecular complexity index is 1170. The smallest absolute Gasteiger partial charge is 0.148 e. The number of aryl methyl sites for hydroxylation is 2. The quantitative estimate of drug-likeness (QED) is 0.654. The molecule has 0 saturated heterocycles. The second-order valence-electron chi connectivity index (χ2n) is 8.84. The van der Waals surface area contributed by atoms with Crippen molar-refractivity contribution < 1.29 is 9.84 Å². The molecule has 0 spiro atoms. The van der Waals surface area contributed by atoms with Gasteiger partial charge >= 0.3 is 0 Å². The number of para-hydroxylation sites is 1. The van der Waals surface area contributed by atoms with E-state index in [4.69, 9.17) is 15.1 Å². The van der Waals surface area contributed by atoms with Crippen molar-refractivity contribution in [2.45, 2.75) is 39.8 Å². The molecule has 0 bridgehead atoms. The van der Waals surface area contributed by atoms with Gasteiger partial charge in [0.25, 0.3) is 0 Å². The molecule has 0 fully saturated rings. The fourth-order valence-electron chi connectivity index (χ4n) is 3.81. The number of hydrogen-bond donors (Lipinski definition) is 2. The first-order valence-electron chi connectivity index (χ1n) is 10.1. The van der Waals surface area contributed by atoms with E-state index in [1.165, 1.54) is 0 Å². The van der Waals surface area contributed by atoms with Gasteiger partial charge in [-0.25, -0.2) is 4.98 Å². The van der Waals surface area contributed by atoms with Crippen LogP contribution in [0.4, 0.5) is 0 Å². The van der Waals surface area contributed by atoms with Gasteiger partial charge in [0, 0.05) is 19.2 Å². The van der Waals surface area contributed by atoms with E-state index < -0.39 is 0 Å². The van der Waals surface area contributed by atoms with Crippen molar-refractivity contribution in [3.8, 4) is 5.75 Å². The number of benzene rings is 2. The molecule has 30 heavy (non-hydrogen) atoms. The summed E-state index contributed by atoms with van der Waals surface area (Å²) in [6.07, 6.45) is 0. The standard InChI is InChI=1S/C24H28N4O2/c1-15-10-11-18-17(12-15)26-23(27(18)5)21-19(29)14-28(22(21)25)13-16-8-6-7-9-20(16)30-24(2,3)4/h6-12,25,29H,13-14H2,1-5H3. The zero-order valence-electron chi connectivity index (χ0n) is 18.2. The van der Waals surface area contributed by atoms with E-state index in [9.17, 15) is 5.11 Å². The molecular weight excluding hydrogens is 376 g/mol. The first-order valence-corrected chi connectivity index (χ1v) is 10.1. The Morgan fingerprint density at radius 2 is 1.90 bits per heavy atom. The number of hydrogen-bond acceptors (Lipinski definition) is 4. The fourth-order valence-corrected chi connectivity index (χ4v) is 3.81. The highest BCUT2D eigenvalue weighted by molar-refractivity contribution is 6.23. The Morgan fingerprint density at radius 1 is 1.17 bits per heavy atom. The maximum Gasteiger partial charge on any atom is 0.148 e. The van der Waals surface area contributed by atoms with E-state index in [1.54, 1.807) is 0 Å². The molecule has 6 nitrogen and oxygen atoms in total. The van der Waals surface area contributed by atoms with Crippen LogP contribution < -0.4 is 4.74 Å². The first kappa shape index (κ1) is 20.0. The van der Waals surface area contributed by atoms with Crippen LogP contribution in [0.3, 0.4) is 0 Å². The average Bonchev–Trinajstić information content (AvgIpc) is 3.11. The maximum atomic E-state index is 10.7. The number of fused-ring (bicyclic) bond motifs is 1. The van der Waals surface area contributed by atoms with Crippen LogP contribution in [0, 0.1) is 12.3 Å². The third kappa shape index (κ3) is 3.65. The Kier molecular flexibility index (Phi) is 4.80. The van der Waals surface area contributed by atoms with Crippen LogP contribution in [0.25, 0.3) is 16.6 Å². The Labute approximate surface area is 176 Å². The predicted molar refractivity (Wildman–Crippen MR) is 120 cm³/mol. The Hall–Kier alpha value is -3.28. The molecule has 1 aliphatic heterocycles. The summed E-state index contributed by atoms with van der Waals surface area (Å²) in [5.41, 5.74) is 4.12. The van der Waals surface area contributed by atoms with Gasteiger partial charge in [-0.3, -0.25) is 5.41 Å². The van der Waals surface area contributed by atoms with Gasteiger partial charge in [0.2, 0.25) is 0 Å². The number of nitrogens with zero attached hydrogens (tertiary/aromatic N) is 3. The van der Waals surface area contributed by atoms with Crippen molar-refractivity contribution in [2.24, 2.45) is 7.05 Å². The van der Waals surface area contributed by atoms with Gasteiger partial charge in [-0.15, -0.1) is 0 Å². The molecule has 6 heteroatoms. The van der Waals surface area contributed by atoms with Crippen molar-refractivity contribution in [1.29, 1.82) is 5.41 Å². The third-order valence-corrected chi connectivity index (χ3v) is 5.19. The number of imidazole rings is 1. The summed E-state index contributed by atoms with van der Waals surface area (Å²) in [6, 6.07) is 13.9. The normalized spacial score (nSPS) is 14.8. The summed E-state index contributed by atoms with van der Waals surface area (Å²) in [4.78, 5) is 6.56. The SMILES string of the molecule is Cc1ccc2c(c1)nc(C1=C(O)CN(Cc3ccccc3OC(C)(C)C)C1=N)n2C. The minimum atomic E-state index is -0.314. The third-order valence-electron chi connectivity index (χ3n) is 5.19. The number of aliphatic hydroxyl groups is 1. The molecule has 4 rings (SSSR count). The molecule has 0 amide bonds. The molecule has 2 N–H and O–H groups in total. The van der Waals surface area contributed by atoms with Gasteiger partial charge in [0.05, 0.1) is 23.2 Å². The van der Waals surface area contributed by atoms with E-state index in [2.05, 4.69) is 0 Å². The number of nitrogens with one attached hydrogen (secondary N) is 1. The lowest BCUT2D eigenvalue weighted by Crippen LogP contribution is -2.28. The molecule has 2 heterocycles. The van der Waals surface area contributed by atoms with Gasteiger partial charge in [-0.1, -0.05) is 24.3 Å². The van der Waals surface area contributed by atoms with E-state index in [1.807, 2.05) is 86.7 Å². The largest absolute Gasteiger partial charge is 0.510 e. The van der Waals surface area contributed by atoms with E-state index in [-0.39, 0.29) is 23.7 Å². The van der Waals surface area contributed by atoms with Crippen molar-refractivity contribution in [2.75, 3.05) is 6.54 Å². The second kappa shape index (κ2) is 7.20. The minimum Gasteiger partial charge on any atom is -0.510 e. The van der Waals surface area contributed by atoms with Gasteiger partial charge < -0.3 is 19.3 Å². The number of ether oxygens (including phenoxy) is 1. The molecule has 0 unspecified atom stereocenters. The highest BCUT2D eigenvalue weighted by Gasteiger charge is 2.32. The Balaban J connectivity index is 1.64. The molecular formula is C24H28N4O2. The lowest BCUT2D eigenvalue weighted by atomic mass is 10.1. The molecule has 156 valence electrons. The zero-order chi connectivity index (χ0) is 21.6. The van der Waals surface area contributed by atoms with Gasteiger partial charge in [-0.05, 0) is 51.5 Å². The highest BCUT2D eigenvalue weighted by atomic mass is 16.5. The van der Waals surface area contributed by atoms with Crippen LogP contribution in [0.15, 0.2) is 48.2 Å². The predicted octanol–water partition coefficient (Wildman–Crippen LogP) is 4.82. The topological polar surface area (TPSA) is 74.4 Å². The molecule has 0 saturated carbocycles. The van der Waals surface area contributed by atoms with E-state index in [0.717, 1.165) is 27.9 Å². The summed E-state index contributed by atoms with van der Waals surface area (Å²) in [6.45, 7) is 8.82. The average molecular weight is 405 g/mol. The summed E-state index contributed by atoms with van der Waals surface area (Å²) in [7, 11) is 1.92. The lowest BCUT2D eigenvalue weighted by molar-refractivity contribution is 0.128. The molecule has 0 aliphatic carbocycles. The van der Waals surface area contributed by atoms with Crippen LogP contribution in [0.2, 0.25) is 0 Å². The van der Waals surface area contributed by atoms with Gasteiger partial charge in [0.1, 0.15) is 28.8 Å². The molecule has 1 aromatic heterocycles. The van der Waals surface area contributed by atoms with Crippen LogP contribution in [0.1, 0.15) is 37.7 Å². The minimum absolute atomic E-state index is 0.171. The van der Waals surface area contributed by atoms with Crippen molar-refractivity contribution >= 4 is 22.4 Å². The van der Waals surface area contributed by atoms with E-state index >= 15 is 0 Å². The molecule has 1 aliphatic rings. The van der Waals surface area contributed by atoms with Gasteiger partial charge in [-0.2, -0.15) is 0 Å². The maximum absolute atomic E-state index is 10.7. The molecule has 0 atom stereocenters.